The summed E-state index contributed by atoms with van der Waals surface area (Å²) in [6.45, 7) is 4.60. The third-order valence-electron chi connectivity index (χ3n) is 4.47. The molecule has 1 unspecified atom stereocenters. The summed E-state index contributed by atoms with van der Waals surface area (Å²) in [4.78, 5) is 10.8. The van der Waals surface area contributed by atoms with E-state index in [9.17, 15) is 0 Å². The van der Waals surface area contributed by atoms with E-state index in [1.54, 1.807) is 7.11 Å². The van der Waals surface area contributed by atoms with Crippen molar-refractivity contribution in [2.75, 3.05) is 44.6 Å². The SMILES string of the molecule is CCOc1c(CN(C)c2cc(C3CCOC3)nc(N)n2)cccc1OC. The molecule has 1 saturated heterocycles. The minimum absolute atomic E-state index is 0.281. The molecule has 1 aliphatic heterocycles. The van der Waals surface area contributed by atoms with Crippen molar-refractivity contribution in [3.8, 4) is 11.5 Å². The predicted molar refractivity (Wildman–Crippen MR) is 101 cm³/mol. The molecule has 7 nitrogen and oxygen atoms in total. The smallest absolute Gasteiger partial charge is 0.222 e. The van der Waals surface area contributed by atoms with Gasteiger partial charge in [0.05, 0.1) is 26.0 Å². The van der Waals surface area contributed by atoms with Gasteiger partial charge in [-0.15, -0.1) is 0 Å². The fraction of sp³-hybridized carbons (Fsp3) is 0.474. The summed E-state index contributed by atoms with van der Waals surface area (Å²) in [6, 6.07) is 7.88. The Morgan fingerprint density at radius 1 is 1.35 bits per heavy atom. The van der Waals surface area contributed by atoms with E-state index in [4.69, 9.17) is 19.9 Å². The van der Waals surface area contributed by atoms with Crippen LogP contribution >= 0.6 is 0 Å². The molecule has 7 heteroatoms. The van der Waals surface area contributed by atoms with Gasteiger partial charge in [0, 0.05) is 37.7 Å². The van der Waals surface area contributed by atoms with E-state index in [2.05, 4.69) is 9.97 Å². The van der Waals surface area contributed by atoms with Crippen LogP contribution in [0, 0.1) is 0 Å². The summed E-state index contributed by atoms with van der Waals surface area (Å²) in [5, 5.41) is 0. The van der Waals surface area contributed by atoms with E-state index >= 15 is 0 Å². The minimum atomic E-state index is 0.281. The largest absolute Gasteiger partial charge is 0.493 e. The monoisotopic (exact) mass is 358 g/mol. The fourth-order valence-corrected chi connectivity index (χ4v) is 3.14. The molecule has 2 N–H and O–H groups in total. The van der Waals surface area contributed by atoms with Crippen LogP contribution < -0.4 is 20.1 Å². The van der Waals surface area contributed by atoms with Crippen LogP contribution in [0.1, 0.15) is 30.5 Å². The lowest BCUT2D eigenvalue weighted by atomic mass is 10.0. The summed E-state index contributed by atoms with van der Waals surface area (Å²) in [5.74, 6) is 2.83. The van der Waals surface area contributed by atoms with E-state index in [0.29, 0.717) is 19.8 Å². The topological polar surface area (TPSA) is 82.7 Å². The second-order valence-electron chi connectivity index (χ2n) is 6.31. The molecule has 1 atom stereocenters. The van der Waals surface area contributed by atoms with Gasteiger partial charge in [-0.25, -0.2) is 4.98 Å². The van der Waals surface area contributed by atoms with Crippen molar-refractivity contribution in [2.45, 2.75) is 25.8 Å². The van der Waals surface area contributed by atoms with Crippen molar-refractivity contribution >= 4 is 11.8 Å². The summed E-state index contributed by atoms with van der Waals surface area (Å²) in [7, 11) is 3.62. The molecular weight excluding hydrogens is 332 g/mol. The van der Waals surface area contributed by atoms with Gasteiger partial charge in [0.1, 0.15) is 5.82 Å². The Kier molecular flexibility index (Phi) is 5.78. The molecule has 1 aliphatic rings. The fourth-order valence-electron chi connectivity index (χ4n) is 3.14. The summed E-state index contributed by atoms with van der Waals surface area (Å²) in [6.07, 6.45) is 0.962. The maximum absolute atomic E-state index is 5.95. The van der Waals surface area contributed by atoms with Gasteiger partial charge in [0.25, 0.3) is 0 Å². The van der Waals surface area contributed by atoms with Gasteiger partial charge in [-0.3, -0.25) is 0 Å². The van der Waals surface area contributed by atoms with Gasteiger partial charge in [-0.1, -0.05) is 12.1 Å². The first-order valence-corrected chi connectivity index (χ1v) is 8.84. The predicted octanol–water partition coefficient (Wildman–Crippen LogP) is 2.61. The summed E-state index contributed by atoms with van der Waals surface area (Å²) >= 11 is 0. The Labute approximate surface area is 154 Å². The Bertz CT molecular complexity index is 748. The Morgan fingerprint density at radius 2 is 2.19 bits per heavy atom. The maximum atomic E-state index is 5.95. The molecule has 26 heavy (non-hydrogen) atoms. The quantitative estimate of drug-likeness (QED) is 0.814. The van der Waals surface area contributed by atoms with Gasteiger partial charge >= 0.3 is 0 Å². The van der Waals surface area contributed by atoms with Gasteiger partial charge in [-0.05, 0) is 19.4 Å². The summed E-state index contributed by atoms with van der Waals surface area (Å²) in [5.41, 5.74) is 7.91. The normalized spacial score (nSPS) is 16.5. The second-order valence-corrected chi connectivity index (χ2v) is 6.31. The highest BCUT2D eigenvalue weighted by atomic mass is 16.5. The molecule has 3 rings (SSSR count). The second kappa shape index (κ2) is 8.23. The number of para-hydroxylation sites is 1. The molecule has 140 valence electrons. The summed E-state index contributed by atoms with van der Waals surface area (Å²) < 4.78 is 16.7. The van der Waals surface area contributed by atoms with Crippen molar-refractivity contribution < 1.29 is 14.2 Å². The van der Waals surface area contributed by atoms with Crippen LogP contribution in [0.5, 0.6) is 11.5 Å². The Hall–Kier alpha value is -2.54. The molecule has 1 aromatic carbocycles. The van der Waals surface area contributed by atoms with Crippen LogP contribution in [0.15, 0.2) is 24.3 Å². The Morgan fingerprint density at radius 3 is 2.88 bits per heavy atom. The first-order valence-electron chi connectivity index (χ1n) is 8.84. The number of nitrogens with zero attached hydrogens (tertiary/aromatic N) is 3. The van der Waals surface area contributed by atoms with Crippen LogP contribution in [0.3, 0.4) is 0 Å². The number of hydrogen-bond donors (Lipinski definition) is 1. The molecule has 0 bridgehead atoms. The molecule has 0 saturated carbocycles. The number of nitrogen functional groups attached to an aromatic ring is 1. The van der Waals surface area contributed by atoms with Crippen molar-refractivity contribution in [3.05, 3.63) is 35.5 Å². The number of methoxy groups -OCH3 is 1. The van der Waals surface area contributed by atoms with Crippen molar-refractivity contribution in [3.63, 3.8) is 0 Å². The average Bonchev–Trinajstić information content (AvgIpc) is 3.17. The van der Waals surface area contributed by atoms with Crippen LogP contribution in [-0.2, 0) is 11.3 Å². The van der Waals surface area contributed by atoms with Crippen LogP contribution in [0.2, 0.25) is 0 Å². The molecule has 1 aromatic heterocycles. The zero-order chi connectivity index (χ0) is 18.5. The van der Waals surface area contributed by atoms with Crippen molar-refractivity contribution in [1.82, 2.24) is 9.97 Å². The van der Waals surface area contributed by atoms with E-state index in [-0.39, 0.29) is 11.9 Å². The third-order valence-corrected chi connectivity index (χ3v) is 4.47. The molecule has 1 fully saturated rings. The number of benzene rings is 1. The van der Waals surface area contributed by atoms with Crippen molar-refractivity contribution in [1.29, 1.82) is 0 Å². The Balaban J connectivity index is 1.85. The molecule has 0 spiro atoms. The third kappa shape index (κ3) is 3.99. The van der Waals surface area contributed by atoms with Gasteiger partial charge in [0.2, 0.25) is 5.95 Å². The van der Waals surface area contributed by atoms with Gasteiger partial charge < -0.3 is 24.8 Å². The molecule has 2 aromatic rings. The standard InChI is InChI=1S/C19H26N4O3/c1-4-26-18-13(6-5-7-16(18)24-3)11-23(2)17-10-15(21-19(20)22-17)14-8-9-25-12-14/h5-7,10,14H,4,8-9,11-12H2,1-3H3,(H2,20,21,22). The highest BCUT2D eigenvalue weighted by molar-refractivity contribution is 5.50. The average molecular weight is 358 g/mol. The van der Waals surface area contributed by atoms with Crippen LogP contribution in [0.25, 0.3) is 0 Å². The number of anilines is 2. The van der Waals surface area contributed by atoms with Gasteiger partial charge in [0.15, 0.2) is 11.5 Å². The first-order chi connectivity index (χ1) is 12.6. The van der Waals surface area contributed by atoms with E-state index in [0.717, 1.165) is 41.6 Å². The zero-order valence-corrected chi connectivity index (χ0v) is 15.6. The first kappa shape index (κ1) is 18.3. The van der Waals surface area contributed by atoms with Crippen molar-refractivity contribution in [2.24, 2.45) is 0 Å². The lowest BCUT2D eigenvalue weighted by Crippen LogP contribution is -2.20. The zero-order valence-electron chi connectivity index (χ0n) is 15.6. The maximum Gasteiger partial charge on any atom is 0.222 e. The van der Waals surface area contributed by atoms with E-state index in [1.165, 1.54) is 0 Å². The lowest BCUT2D eigenvalue weighted by Gasteiger charge is -2.22. The molecule has 0 radical (unpaired) electrons. The molecule has 2 heterocycles. The molecule has 0 amide bonds. The molecule has 0 aliphatic carbocycles. The van der Waals surface area contributed by atoms with E-state index in [1.807, 2.05) is 43.1 Å². The number of rotatable bonds is 7. The lowest BCUT2D eigenvalue weighted by molar-refractivity contribution is 0.193. The highest BCUT2D eigenvalue weighted by Crippen LogP contribution is 2.33. The number of aromatic nitrogens is 2. The number of hydrogen-bond acceptors (Lipinski definition) is 7. The highest BCUT2D eigenvalue weighted by Gasteiger charge is 2.21. The molecular formula is C19H26N4O3. The van der Waals surface area contributed by atoms with Crippen LogP contribution in [0.4, 0.5) is 11.8 Å². The minimum Gasteiger partial charge on any atom is -0.493 e. The van der Waals surface area contributed by atoms with Crippen LogP contribution in [-0.4, -0.2) is 43.9 Å². The number of ether oxygens (including phenoxy) is 3. The van der Waals surface area contributed by atoms with Gasteiger partial charge in [-0.2, -0.15) is 4.98 Å². The van der Waals surface area contributed by atoms with E-state index < -0.39 is 0 Å². The number of nitrogens with two attached hydrogens (primary N) is 1.